The summed E-state index contributed by atoms with van der Waals surface area (Å²) >= 11 is 0. The maximum absolute atomic E-state index is 14.1. The Morgan fingerprint density at radius 3 is 2.07 bits per heavy atom. The maximum Gasteiger partial charge on any atom is 0.313 e. The van der Waals surface area contributed by atoms with E-state index in [0.717, 1.165) is 11.3 Å². The van der Waals surface area contributed by atoms with E-state index in [1.807, 2.05) is 79.1 Å². The van der Waals surface area contributed by atoms with Gasteiger partial charge in [0.25, 0.3) is 5.91 Å². The van der Waals surface area contributed by atoms with E-state index in [0.29, 0.717) is 28.1 Å². The minimum atomic E-state index is -1.04. The number of carbonyl (C=O) groups excluding carboxylic acids is 3. The van der Waals surface area contributed by atoms with Gasteiger partial charge in [-0.25, -0.2) is 4.39 Å². The molecule has 1 atom stereocenters. The fourth-order valence-corrected chi connectivity index (χ4v) is 5.46. The third kappa shape index (κ3) is 8.76. The highest BCUT2D eigenvalue weighted by Gasteiger charge is 2.31. The summed E-state index contributed by atoms with van der Waals surface area (Å²) in [6, 6.07) is 24.9. The Kier molecular flexibility index (Phi) is 10.7. The molecule has 7 nitrogen and oxygen atoms in total. The van der Waals surface area contributed by atoms with Crippen LogP contribution in [0.15, 0.2) is 84.9 Å². The second kappa shape index (κ2) is 14.5. The molecule has 0 bridgehead atoms. The van der Waals surface area contributed by atoms with Gasteiger partial charge in [-0.1, -0.05) is 62.4 Å². The van der Waals surface area contributed by atoms with Gasteiger partial charge in [-0.2, -0.15) is 0 Å². The van der Waals surface area contributed by atoms with Crippen molar-refractivity contribution in [2.45, 2.75) is 78.0 Å². The zero-order valence-corrected chi connectivity index (χ0v) is 26.5. The summed E-state index contributed by atoms with van der Waals surface area (Å²) in [5, 5.41) is 14.0. The molecule has 4 rings (SSSR count). The van der Waals surface area contributed by atoms with Crippen molar-refractivity contribution >= 4 is 23.3 Å². The number of halogens is 1. The number of anilines is 1. The van der Waals surface area contributed by atoms with E-state index < -0.39 is 29.9 Å². The molecule has 8 heteroatoms. The van der Waals surface area contributed by atoms with Gasteiger partial charge >= 0.3 is 5.97 Å². The zero-order valence-electron chi connectivity index (χ0n) is 26.5. The number of nitrogens with zero attached hydrogens (tertiary/aromatic N) is 1. The molecule has 0 aliphatic rings. The lowest BCUT2D eigenvalue weighted by atomic mass is 9.94. The number of esters is 1. The first-order valence-electron chi connectivity index (χ1n) is 15.2. The van der Waals surface area contributed by atoms with Gasteiger partial charge in [-0.05, 0) is 80.6 Å². The standard InChI is InChI=1S/C37H41FN2O5/c1-24(2)34-33(36(44)39-28-14-10-7-11-15-28)32(25-12-8-6-9-13-25)35(26-16-18-27(38)19-17-26)40(34)21-20-29(41)22-30(42)23-31(43)45-37(3,4)5/h6-19,24,29,41H,20-23H2,1-5H3,(H,39,44)/t29-/m1/s1. The molecular formula is C37H41FN2O5. The number of Topliss-reactive ketones (excluding diaryl/α,β-unsaturated/α-hetero) is 1. The number of aromatic nitrogens is 1. The number of nitrogens with one attached hydrogen (secondary N) is 1. The summed E-state index contributed by atoms with van der Waals surface area (Å²) in [5.41, 5.74) is 4.06. The first kappa shape index (κ1) is 33.3. The van der Waals surface area contributed by atoms with Crippen molar-refractivity contribution in [1.29, 1.82) is 0 Å². The van der Waals surface area contributed by atoms with Crippen molar-refractivity contribution in [3.8, 4) is 22.4 Å². The van der Waals surface area contributed by atoms with Crippen molar-refractivity contribution in [2.24, 2.45) is 0 Å². The molecule has 1 heterocycles. The molecule has 3 aromatic carbocycles. The van der Waals surface area contributed by atoms with E-state index in [1.165, 1.54) is 12.1 Å². The summed E-state index contributed by atoms with van der Waals surface area (Å²) in [6.07, 6.45) is -1.49. The number of para-hydroxylation sites is 1. The molecule has 4 aromatic rings. The molecule has 1 aromatic heterocycles. The van der Waals surface area contributed by atoms with Crippen LogP contribution in [-0.2, 0) is 20.9 Å². The largest absolute Gasteiger partial charge is 0.460 e. The number of hydrogen-bond donors (Lipinski definition) is 2. The molecule has 1 amide bonds. The van der Waals surface area contributed by atoms with Crippen molar-refractivity contribution < 1.29 is 28.6 Å². The molecule has 236 valence electrons. The zero-order chi connectivity index (χ0) is 32.7. The Morgan fingerprint density at radius 2 is 1.49 bits per heavy atom. The number of carbonyl (C=O) groups is 3. The fourth-order valence-electron chi connectivity index (χ4n) is 5.46. The van der Waals surface area contributed by atoms with Crippen molar-refractivity contribution in [3.05, 3.63) is 102 Å². The first-order chi connectivity index (χ1) is 21.3. The molecular weight excluding hydrogens is 571 g/mol. The quantitative estimate of drug-likeness (QED) is 0.126. The number of amides is 1. The maximum atomic E-state index is 14.1. The fraction of sp³-hybridized carbons (Fsp3) is 0.324. The molecule has 0 aliphatic heterocycles. The van der Waals surface area contributed by atoms with Gasteiger partial charge in [-0.3, -0.25) is 14.4 Å². The van der Waals surface area contributed by atoms with Gasteiger partial charge < -0.3 is 19.7 Å². The van der Waals surface area contributed by atoms with E-state index in [2.05, 4.69) is 5.32 Å². The Balaban J connectivity index is 1.78. The minimum Gasteiger partial charge on any atom is -0.460 e. The van der Waals surface area contributed by atoms with Crippen molar-refractivity contribution in [3.63, 3.8) is 0 Å². The molecule has 0 aliphatic carbocycles. The van der Waals surface area contributed by atoms with Crippen LogP contribution in [0.5, 0.6) is 0 Å². The summed E-state index contributed by atoms with van der Waals surface area (Å²) < 4.78 is 21.3. The molecule has 2 N–H and O–H groups in total. The van der Waals surface area contributed by atoms with Crippen molar-refractivity contribution in [1.82, 2.24) is 4.57 Å². The van der Waals surface area contributed by atoms with Gasteiger partial charge in [0.05, 0.1) is 17.4 Å². The second-order valence-electron chi connectivity index (χ2n) is 12.4. The van der Waals surface area contributed by atoms with Crippen molar-refractivity contribution in [2.75, 3.05) is 5.32 Å². The van der Waals surface area contributed by atoms with E-state index in [1.54, 1.807) is 32.9 Å². The summed E-state index contributed by atoms with van der Waals surface area (Å²) in [6.45, 7) is 9.43. The van der Waals surface area contributed by atoms with E-state index in [9.17, 15) is 23.9 Å². The molecule has 0 fully saturated rings. The predicted molar refractivity (Wildman–Crippen MR) is 174 cm³/mol. The topological polar surface area (TPSA) is 97.6 Å². The summed E-state index contributed by atoms with van der Waals surface area (Å²) in [5.74, 6) is -1.85. The lowest BCUT2D eigenvalue weighted by Crippen LogP contribution is -2.26. The lowest BCUT2D eigenvalue weighted by Gasteiger charge is -2.20. The Bertz CT molecular complexity index is 1620. The van der Waals surface area contributed by atoms with E-state index in [-0.39, 0.29) is 37.0 Å². The van der Waals surface area contributed by atoms with Crippen LogP contribution in [-0.4, -0.2) is 39.0 Å². The normalized spacial score (nSPS) is 12.2. The predicted octanol–water partition coefficient (Wildman–Crippen LogP) is 7.78. The van der Waals surface area contributed by atoms with E-state index >= 15 is 0 Å². The van der Waals surface area contributed by atoms with Crippen LogP contribution in [0.4, 0.5) is 10.1 Å². The van der Waals surface area contributed by atoms with Crippen LogP contribution < -0.4 is 5.32 Å². The van der Waals surface area contributed by atoms with Gasteiger partial charge in [-0.15, -0.1) is 0 Å². The van der Waals surface area contributed by atoms with Gasteiger partial charge in [0, 0.05) is 29.9 Å². The molecule has 0 saturated carbocycles. The number of ether oxygens (including phenoxy) is 1. The third-order valence-electron chi connectivity index (χ3n) is 7.20. The molecule has 45 heavy (non-hydrogen) atoms. The SMILES string of the molecule is CC(C)c1c(C(=O)Nc2ccccc2)c(-c2ccccc2)c(-c2ccc(F)cc2)n1CC[C@@H](O)CC(=O)CC(=O)OC(C)(C)C. The minimum absolute atomic E-state index is 0.121. The van der Waals surface area contributed by atoms with E-state index in [4.69, 9.17) is 4.74 Å². The highest BCUT2D eigenvalue weighted by atomic mass is 19.1. The second-order valence-corrected chi connectivity index (χ2v) is 12.4. The number of aliphatic hydroxyl groups excluding tert-OH is 1. The highest BCUT2D eigenvalue weighted by molar-refractivity contribution is 6.12. The number of aliphatic hydroxyl groups is 1. The molecule has 0 radical (unpaired) electrons. The lowest BCUT2D eigenvalue weighted by molar-refractivity contribution is -0.156. The molecule has 0 spiro atoms. The summed E-state index contributed by atoms with van der Waals surface area (Å²) in [7, 11) is 0. The molecule has 0 saturated heterocycles. The Labute approximate surface area is 264 Å². The monoisotopic (exact) mass is 612 g/mol. The van der Waals surface area contributed by atoms with Gasteiger partial charge in [0.1, 0.15) is 23.6 Å². The number of benzene rings is 3. The van der Waals surface area contributed by atoms with Crippen LogP contribution in [0.3, 0.4) is 0 Å². The van der Waals surface area contributed by atoms with Crippen LogP contribution >= 0.6 is 0 Å². The van der Waals surface area contributed by atoms with Crippen LogP contribution in [0, 0.1) is 5.82 Å². The summed E-state index contributed by atoms with van der Waals surface area (Å²) in [4.78, 5) is 38.9. The highest BCUT2D eigenvalue weighted by Crippen LogP contribution is 2.42. The average molecular weight is 613 g/mol. The number of hydrogen-bond acceptors (Lipinski definition) is 5. The van der Waals surface area contributed by atoms with Crippen LogP contribution in [0.2, 0.25) is 0 Å². The smallest absolute Gasteiger partial charge is 0.313 e. The van der Waals surface area contributed by atoms with Gasteiger partial charge in [0.15, 0.2) is 0 Å². The average Bonchev–Trinajstić information content (AvgIpc) is 3.32. The van der Waals surface area contributed by atoms with Crippen LogP contribution in [0.1, 0.15) is 75.9 Å². The Hall–Kier alpha value is -4.56. The number of rotatable bonds is 12. The van der Waals surface area contributed by atoms with Gasteiger partial charge in [0.2, 0.25) is 0 Å². The third-order valence-corrected chi connectivity index (χ3v) is 7.20. The Morgan fingerprint density at radius 1 is 0.889 bits per heavy atom. The number of ketones is 1. The first-order valence-corrected chi connectivity index (χ1v) is 15.2. The molecule has 0 unspecified atom stereocenters. The van der Waals surface area contributed by atoms with Crippen LogP contribution in [0.25, 0.3) is 22.4 Å².